The number of amides is 1. The Bertz CT molecular complexity index is 367. The van der Waals surface area contributed by atoms with Crippen LogP contribution in [0.5, 0.6) is 0 Å². The zero-order valence-corrected chi connectivity index (χ0v) is 12.2. The van der Waals surface area contributed by atoms with E-state index in [-0.39, 0.29) is 11.2 Å². The maximum absolute atomic E-state index is 11.7. The number of halogens is 1. The molecule has 5 heteroatoms. The van der Waals surface area contributed by atoms with E-state index in [0.29, 0.717) is 6.54 Å². The Labute approximate surface area is 114 Å². The van der Waals surface area contributed by atoms with Crippen LogP contribution in [0.4, 0.5) is 0 Å². The van der Waals surface area contributed by atoms with Crippen LogP contribution in [-0.2, 0) is 4.79 Å². The molecule has 1 aromatic rings. The van der Waals surface area contributed by atoms with E-state index in [0.717, 1.165) is 9.37 Å². The second-order valence-electron chi connectivity index (χ2n) is 3.81. The monoisotopic (exact) mass is 317 g/mol. The van der Waals surface area contributed by atoms with Crippen LogP contribution in [0, 0.1) is 0 Å². The summed E-state index contributed by atoms with van der Waals surface area (Å²) >= 11 is 4.86. The van der Waals surface area contributed by atoms with Crippen LogP contribution in [0.2, 0.25) is 0 Å². The third-order valence-electron chi connectivity index (χ3n) is 2.07. The molecule has 0 aliphatic carbocycles. The summed E-state index contributed by atoms with van der Waals surface area (Å²) in [6, 6.07) is 7.83. The average molecular weight is 318 g/mol. The Hall–Kier alpha value is -0.520. The van der Waals surface area contributed by atoms with Crippen LogP contribution in [0.1, 0.15) is 13.8 Å². The predicted octanol–water partition coefficient (Wildman–Crippen LogP) is 2.43. The zero-order valence-electron chi connectivity index (χ0n) is 9.81. The number of hydrogen-bond acceptors (Lipinski definition) is 3. The van der Waals surface area contributed by atoms with E-state index in [2.05, 4.69) is 21.2 Å². The van der Waals surface area contributed by atoms with Gasteiger partial charge in [-0.2, -0.15) is 0 Å². The van der Waals surface area contributed by atoms with Crippen molar-refractivity contribution in [1.29, 1.82) is 0 Å². The van der Waals surface area contributed by atoms with Gasteiger partial charge in [0.2, 0.25) is 5.91 Å². The van der Waals surface area contributed by atoms with Crippen LogP contribution in [0.3, 0.4) is 0 Å². The number of benzene rings is 1. The van der Waals surface area contributed by atoms with Crippen molar-refractivity contribution < 1.29 is 9.90 Å². The fraction of sp³-hybridized carbons (Fsp3) is 0.417. The molecule has 0 saturated carbocycles. The van der Waals surface area contributed by atoms with Crippen molar-refractivity contribution in [2.45, 2.75) is 30.1 Å². The summed E-state index contributed by atoms with van der Waals surface area (Å²) in [4.78, 5) is 12.7. The lowest BCUT2D eigenvalue weighted by Crippen LogP contribution is -2.35. The van der Waals surface area contributed by atoms with Gasteiger partial charge < -0.3 is 10.4 Å². The largest absolute Gasteiger partial charge is 0.392 e. The normalized spacial score (nSPS) is 14.1. The second kappa shape index (κ2) is 7.03. The highest BCUT2D eigenvalue weighted by atomic mass is 79.9. The molecule has 0 saturated heterocycles. The molecular weight excluding hydrogens is 302 g/mol. The van der Waals surface area contributed by atoms with Gasteiger partial charge in [0.1, 0.15) is 0 Å². The molecule has 0 aliphatic rings. The van der Waals surface area contributed by atoms with Crippen molar-refractivity contribution in [3.05, 3.63) is 28.7 Å². The van der Waals surface area contributed by atoms with Gasteiger partial charge in [-0.3, -0.25) is 4.79 Å². The number of carbonyl (C=O) groups excluding carboxylic acids is 1. The molecule has 2 atom stereocenters. The van der Waals surface area contributed by atoms with Crippen LogP contribution < -0.4 is 5.32 Å². The Morgan fingerprint density at radius 1 is 1.41 bits per heavy atom. The number of hydrogen-bond donors (Lipinski definition) is 2. The highest BCUT2D eigenvalue weighted by molar-refractivity contribution is 9.10. The minimum atomic E-state index is -0.510. The fourth-order valence-corrected chi connectivity index (χ4v) is 2.32. The number of aliphatic hydroxyl groups is 1. The molecule has 1 rings (SSSR count). The van der Waals surface area contributed by atoms with Crippen LogP contribution in [0.25, 0.3) is 0 Å². The smallest absolute Gasteiger partial charge is 0.233 e. The van der Waals surface area contributed by atoms with E-state index >= 15 is 0 Å². The molecule has 0 fully saturated rings. The highest BCUT2D eigenvalue weighted by Crippen LogP contribution is 2.24. The molecule has 0 spiro atoms. The minimum absolute atomic E-state index is 0.0566. The first-order chi connectivity index (χ1) is 7.99. The van der Waals surface area contributed by atoms with Gasteiger partial charge in [0.25, 0.3) is 0 Å². The third kappa shape index (κ3) is 5.57. The van der Waals surface area contributed by atoms with Crippen molar-refractivity contribution >= 4 is 33.6 Å². The second-order valence-corrected chi connectivity index (χ2v) is 6.14. The third-order valence-corrected chi connectivity index (χ3v) is 3.71. The Balaban J connectivity index is 2.45. The molecule has 0 bridgehead atoms. The first-order valence-electron chi connectivity index (χ1n) is 5.37. The SMILES string of the molecule is CC(O)CNC(=O)C(C)Sc1ccc(Br)cc1. The van der Waals surface area contributed by atoms with Gasteiger partial charge in [-0.25, -0.2) is 0 Å². The predicted molar refractivity (Wildman–Crippen MR) is 74.2 cm³/mol. The zero-order chi connectivity index (χ0) is 12.8. The molecule has 3 nitrogen and oxygen atoms in total. The van der Waals surface area contributed by atoms with Crippen LogP contribution in [0.15, 0.2) is 33.6 Å². The standard InChI is InChI=1S/C12H16BrNO2S/c1-8(15)7-14-12(16)9(2)17-11-5-3-10(13)4-6-11/h3-6,8-9,15H,7H2,1-2H3,(H,14,16). The van der Waals surface area contributed by atoms with E-state index < -0.39 is 6.10 Å². The van der Waals surface area contributed by atoms with Gasteiger partial charge in [0.15, 0.2) is 0 Å². The molecular formula is C12H16BrNO2S. The van der Waals surface area contributed by atoms with Crippen molar-refractivity contribution in [3.63, 3.8) is 0 Å². The Morgan fingerprint density at radius 2 is 2.00 bits per heavy atom. The van der Waals surface area contributed by atoms with E-state index in [9.17, 15) is 4.79 Å². The Kier molecular flexibility index (Phi) is 6.02. The summed E-state index contributed by atoms with van der Waals surface area (Å²) in [6.07, 6.45) is -0.510. The summed E-state index contributed by atoms with van der Waals surface area (Å²) in [5.74, 6) is -0.0566. The summed E-state index contributed by atoms with van der Waals surface area (Å²) in [5, 5.41) is 11.6. The fourth-order valence-electron chi connectivity index (χ4n) is 1.16. The summed E-state index contributed by atoms with van der Waals surface area (Å²) in [5.41, 5.74) is 0. The summed E-state index contributed by atoms with van der Waals surface area (Å²) < 4.78 is 1.02. The van der Waals surface area contributed by atoms with E-state index in [4.69, 9.17) is 5.11 Å². The van der Waals surface area contributed by atoms with Gasteiger partial charge in [0, 0.05) is 15.9 Å². The number of aliphatic hydroxyl groups excluding tert-OH is 1. The van der Waals surface area contributed by atoms with Gasteiger partial charge >= 0.3 is 0 Å². The van der Waals surface area contributed by atoms with E-state index in [1.807, 2.05) is 31.2 Å². The van der Waals surface area contributed by atoms with Crippen molar-refractivity contribution in [3.8, 4) is 0 Å². The molecule has 0 heterocycles. The molecule has 0 radical (unpaired) electrons. The Morgan fingerprint density at radius 3 is 2.53 bits per heavy atom. The van der Waals surface area contributed by atoms with Crippen LogP contribution >= 0.6 is 27.7 Å². The minimum Gasteiger partial charge on any atom is -0.392 e. The molecule has 2 N–H and O–H groups in total. The molecule has 0 aliphatic heterocycles. The lowest BCUT2D eigenvalue weighted by molar-refractivity contribution is -0.120. The molecule has 94 valence electrons. The molecule has 0 aromatic heterocycles. The van der Waals surface area contributed by atoms with Crippen molar-refractivity contribution in [2.24, 2.45) is 0 Å². The molecule has 17 heavy (non-hydrogen) atoms. The van der Waals surface area contributed by atoms with Gasteiger partial charge in [0.05, 0.1) is 11.4 Å². The van der Waals surface area contributed by atoms with Gasteiger partial charge in [-0.15, -0.1) is 11.8 Å². The lowest BCUT2D eigenvalue weighted by Gasteiger charge is -2.12. The molecule has 1 amide bonds. The number of carbonyl (C=O) groups is 1. The van der Waals surface area contributed by atoms with Crippen LogP contribution in [-0.4, -0.2) is 28.9 Å². The summed E-state index contributed by atoms with van der Waals surface area (Å²) in [6.45, 7) is 3.79. The van der Waals surface area contributed by atoms with Gasteiger partial charge in [-0.05, 0) is 38.1 Å². The number of thioether (sulfide) groups is 1. The number of rotatable bonds is 5. The first kappa shape index (κ1) is 14.5. The molecule has 2 unspecified atom stereocenters. The average Bonchev–Trinajstić information content (AvgIpc) is 2.28. The topological polar surface area (TPSA) is 49.3 Å². The molecule has 1 aromatic carbocycles. The van der Waals surface area contributed by atoms with Crippen molar-refractivity contribution in [2.75, 3.05) is 6.54 Å². The lowest BCUT2D eigenvalue weighted by atomic mass is 10.4. The van der Waals surface area contributed by atoms with E-state index in [1.165, 1.54) is 11.8 Å². The first-order valence-corrected chi connectivity index (χ1v) is 7.04. The highest BCUT2D eigenvalue weighted by Gasteiger charge is 2.14. The quantitative estimate of drug-likeness (QED) is 0.820. The maximum Gasteiger partial charge on any atom is 0.233 e. The maximum atomic E-state index is 11.7. The van der Waals surface area contributed by atoms with Crippen molar-refractivity contribution in [1.82, 2.24) is 5.32 Å². The van der Waals surface area contributed by atoms with Gasteiger partial charge in [-0.1, -0.05) is 15.9 Å². The summed E-state index contributed by atoms with van der Waals surface area (Å²) in [7, 11) is 0. The number of nitrogens with one attached hydrogen (secondary N) is 1. The van der Waals surface area contributed by atoms with E-state index in [1.54, 1.807) is 6.92 Å².